The van der Waals surface area contributed by atoms with Gasteiger partial charge in [0.05, 0.1) is 0 Å². The first kappa shape index (κ1) is 12.8. The predicted molar refractivity (Wildman–Crippen MR) is 73.0 cm³/mol. The van der Waals surface area contributed by atoms with Crippen LogP contribution in [0.1, 0.15) is 52.1 Å². The second kappa shape index (κ2) is 6.37. The molecule has 0 atom stereocenters. The van der Waals surface area contributed by atoms with Crippen molar-refractivity contribution in [2.45, 2.75) is 46.5 Å². The van der Waals surface area contributed by atoms with Gasteiger partial charge in [0.1, 0.15) is 0 Å². The van der Waals surface area contributed by atoms with E-state index in [1.807, 2.05) is 0 Å². The Morgan fingerprint density at radius 2 is 1.69 bits per heavy atom. The number of fused-ring (bicyclic) bond motifs is 1. The topological polar surface area (TPSA) is 15.8 Å². The lowest BCUT2D eigenvalue weighted by molar-refractivity contribution is 0.836. The van der Waals surface area contributed by atoms with Gasteiger partial charge in [0.25, 0.3) is 0 Å². The van der Waals surface area contributed by atoms with Gasteiger partial charge < -0.3 is 4.98 Å². The van der Waals surface area contributed by atoms with E-state index in [0.717, 1.165) is 0 Å². The molecule has 0 aliphatic heterocycles. The van der Waals surface area contributed by atoms with Gasteiger partial charge in [-0.15, -0.1) is 0 Å². The van der Waals surface area contributed by atoms with Gasteiger partial charge in [0, 0.05) is 11.2 Å². The molecule has 0 aliphatic rings. The van der Waals surface area contributed by atoms with Crippen LogP contribution in [-0.2, 0) is 0 Å². The maximum absolute atomic E-state index is 3.40. The van der Waals surface area contributed by atoms with Crippen LogP contribution >= 0.6 is 0 Å². The fourth-order valence-electron chi connectivity index (χ4n) is 1.41. The van der Waals surface area contributed by atoms with Crippen molar-refractivity contribution in [3.05, 3.63) is 36.0 Å². The highest BCUT2D eigenvalue weighted by molar-refractivity contribution is 5.80. The summed E-state index contributed by atoms with van der Waals surface area (Å²) in [6.45, 7) is 8.76. The van der Waals surface area contributed by atoms with Crippen molar-refractivity contribution < 1.29 is 0 Å². The molecule has 1 aromatic carbocycles. The SMILES string of the molecule is CC(C)c1cc2ccccc2[nH]1.CCCC. The number of H-pyrrole nitrogens is 1. The maximum atomic E-state index is 3.40. The van der Waals surface area contributed by atoms with Crippen molar-refractivity contribution in [3.63, 3.8) is 0 Å². The minimum absolute atomic E-state index is 0.581. The Bertz CT molecular complexity index is 377. The molecule has 1 aromatic heterocycles. The average molecular weight is 217 g/mol. The molecule has 1 nitrogen and oxygen atoms in total. The second-order valence-electron chi connectivity index (χ2n) is 4.47. The summed E-state index contributed by atoms with van der Waals surface area (Å²) in [6, 6.07) is 10.6. The first-order valence-corrected chi connectivity index (χ1v) is 6.26. The summed E-state index contributed by atoms with van der Waals surface area (Å²) in [4.78, 5) is 3.40. The second-order valence-corrected chi connectivity index (χ2v) is 4.47. The van der Waals surface area contributed by atoms with Crippen LogP contribution in [0.5, 0.6) is 0 Å². The van der Waals surface area contributed by atoms with E-state index in [0.29, 0.717) is 5.92 Å². The number of aromatic nitrogens is 1. The highest BCUT2D eigenvalue weighted by atomic mass is 14.7. The first-order valence-electron chi connectivity index (χ1n) is 6.26. The molecule has 1 N–H and O–H groups in total. The molecule has 1 heteroatoms. The van der Waals surface area contributed by atoms with Crippen molar-refractivity contribution in [2.24, 2.45) is 0 Å². The average Bonchev–Trinajstić information content (AvgIpc) is 2.73. The lowest BCUT2D eigenvalue weighted by atomic mass is 10.1. The van der Waals surface area contributed by atoms with Gasteiger partial charge in [-0.1, -0.05) is 58.7 Å². The summed E-state index contributed by atoms with van der Waals surface area (Å²) in [6.07, 6.45) is 2.64. The van der Waals surface area contributed by atoms with E-state index < -0.39 is 0 Å². The molecule has 0 fully saturated rings. The van der Waals surface area contributed by atoms with Crippen LogP contribution in [-0.4, -0.2) is 4.98 Å². The molecular formula is C15H23N. The highest BCUT2D eigenvalue weighted by Gasteiger charge is 2.02. The van der Waals surface area contributed by atoms with Crippen LogP contribution in [0.4, 0.5) is 0 Å². The fourth-order valence-corrected chi connectivity index (χ4v) is 1.41. The maximum Gasteiger partial charge on any atom is 0.0456 e. The lowest BCUT2D eigenvalue weighted by Crippen LogP contribution is -1.84. The van der Waals surface area contributed by atoms with E-state index in [2.05, 4.69) is 63.0 Å². The van der Waals surface area contributed by atoms with Crippen LogP contribution in [0.15, 0.2) is 30.3 Å². The number of aromatic amines is 1. The summed E-state index contributed by atoms with van der Waals surface area (Å²) in [5, 5.41) is 1.31. The summed E-state index contributed by atoms with van der Waals surface area (Å²) in [7, 11) is 0. The molecule has 0 spiro atoms. The van der Waals surface area contributed by atoms with E-state index in [-0.39, 0.29) is 0 Å². The van der Waals surface area contributed by atoms with Crippen LogP contribution in [0.25, 0.3) is 10.9 Å². The third kappa shape index (κ3) is 3.41. The lowest BCUT2D eigenvalue weighted by Gasteiger charge is -1.97. The zero-order valence-corrected chi connectivity index (χ0v) is 10.9. The Morgan fingerprint density at radius 1 is 1.06 bits per heavy atom. The molecule has 0 aliphatic carbocycles. The van der Waals surface area contributed by atoms with Crippen LogP contribution in [0.3, 0.4) is 0 Å². The van der Waals surface area contributed by atoms with E-state index in [4.69, 9.17) is 0 Å². The normalized spacial score (nSPS) is 10.3. The summed E-state index contributed by atoms with van der Waals surface area (Å²) < 4.78 is 0. The molecule has 0 saturated carbocycles. The molecule has 0 unspecified atom stereocenters. The number of hydrogen-bond acceptors (Lipinski definition) is 0. The first-order chi connectivity index (χ1) is 7.69. The molecule has 0 amide bonds. The number of unbranched alkanes of at least 4 members (excludes halogenated alkanes) is 1. The third-order valence-electron chi connectivity index (χ3n) is 2.67. The zero-order valence-electron chi connectivity index (χ0n) is 10.9. The summed E-state index contributed by atoms with van der Waals surface area (Å²) in [5.41, 5.74) is 2.55. The zero-order chi connectivity index (χ0) is 12.0. The van der Waals surface area contributed by atoms with Crippen LogP contribution in [0, 0.1) is 0 Å². The van der Waals surface area contributed by atoms with Crippen LogP contribution < -0.4 is 0 Å². The van der Waals surface area contributed by atoms with Gasteiger partial charge in [-0.3, -0.25) is 0 Å². The largest absolute Gasteiger partial charge is 0.358 e. The van der Waals surface area contributed by atoms with Gasteiger partial charge in [0.15, 0.2) is 0 Å². The van der Waals surface area contributed by atoms with Gasteiger partial charge in [-0.2, -0.15) is 0 Å². The van der Waals surface area contributed by atoms with Gasteiger partial charge in [-0.05, 0) is 23.4 Å². The van der Waals surface area contributed by atoms with Crippen LogP contribution in [0.2, 0.25) is 0 Å². The molecule has 0 bridgehead atoms. The molecule has 88 valence electrons. The Morgan fingerprint density at radius 3 is 2.19 bits per heavy atom. The number of nitrogens with one attached hydrogen (secondary N) is 1. The van der Waals surface area contributed by atoms with Gasteiger partial charge in [-0.25, -0.2) is 0 Å². The Hall–Kier alpha value is -1.24. The number of rotatable bonds is 2. The Balaban J connectivity index is 0.000000280. The summed E-state index contributed by atoms with van der Waals surface area (Å²) >= 11 is 0. The van der Waals surface area contributed by atoms with Crippen molar-refractivity contribution in [1.29, 1.82) is 0 Å². The molecule has 2 rings (SSSR count). The molecule has 1 heterocycles. The smallest absolute Gasteiger partial charge is 0.0456 e. The Kier molecular flexibility index (Phi) is 5.10. The Labute approximate surface area is 98.9 Å². The molecular weight excluding hydrogens is 194 g/mol. The summed E-state index contributed by atoms with van der Waals surface area (Å²) in [5.74, 6) is 0.581. The van der Waals surface area contributed by atoms with E-state index in [1.54, 1.807) is 0 Å². The van der Waals surface area contributed by atoms with Gasteiger partial charge in [0.2, 0.25) is 0 Å². The monoisotopic (exact) mass is 217 g/mol. The van der Waals surface area contributed by atoms with Gasteiger partial charge >= 0.3 is 0 Å². The van der Waals surface area contributed by atoms with E-state index >= 15 is 0 Å². The number of hydrogen-bond donors (Lipinski definition) is 1. The number of para-hydroxylation sites is 1. The molecule has 2 aromatic rings. The predicted octanol–water partition coefficient (Wildman–Crippen LogP) is 5.10. The van der Waals surface area contributed by atoms with Crippen molar-refractivity contribution in [1.82, 2.24) is 4.98 Å². The molecule has 0 saturated heterocycles. The fraction of sp³-hybridized carbons (Fsp3) is 0.467. The van der Waals surface area contributed by atoms with Crippen molar-refractivity contribution in [2.75, 3.05) is 0 Å². The van der Waals surface area contributed by atoms with E-state index in [1.165, 1.54) is 29.4 Å². The van der Waals surface area contributed by atoms with Crippen molar-refractivity contribution in [3.8, 4) is 0 Å². The van der Waals surface area contributed by atoms with E-state index in [9.17, 15) is 0 Å². The standard InChI is InChI=1S/C11H13N.C4H10/c1-8(2)11-7-9-5-3-4-6-10(9)12-11;1-3-4-2/h3-8,12H,1-2H3;3-4H2,1-2H3. The minimum atomic E-state index is 0.581. The van der Waals surface area contributed by atoms with Crippen molar-refractivity contribution >= 4 is 10.9 Å². The quantitative estimate of drug-likeness (QED) is 0.720. The minimum Gasteiger partial charge on any atom is -0.358 e. The highest BCUT2D eigenvalue weighted by Crippen LogP contribution is 2.20. The molecule has 16 heavy (non-hydrogen) atoms. The third-order valence-corrected chi connectivity index (χ3v) is 2.67. The number of benzene rings is 1. The molecule has 0 radical (unpaired) electrons.